The molecule has 108 valence electrons. The number of hydrogen-bond acceptors (Lipinski definition) is 1. The molecule has 0 saturated heterocycles. The van der Waals surface area contributed by atoms with Crippen molar-refractivity contribution in [3.63, 3.8) is 0 Å². The van der Waals surface area contributed by atoms with Crippen molar-refractivity contribution in [3.05, 3.63) is 35.1 Å². The van der Waals surface area contributed by atoms with Crippen LogP contribution in [0.2, 0.25) is 0 Å². The number of nitrogens with zero attached hydrogens (tertiary/aromatic N) is 1. The molecule has 1 nitrogen and oxygen atoms in total. The van der Waals surface area contributed by atoms with E-state index in [0.29, 0.717) is 13.0 Å². The summed E-state index contributed by atoms with van der Waals surface area (Å²) in [5.74, 6) is -1.53. The minimum absolute atomic E-state index is 0.0389. The Morgan fingerprint density at radius 2 is 1.89 bits per heavy atom. The molecule has 0 spiro atoms. The predicted molar refractivity (Wildman–Crippen MR) is 67.6 cm³/mol. The molecule has 1 aromatic carbocycles. The Hall–Kier alpha value is -1.10. The van der Waals surface area contributed by atoms with E-state index in [0.717, 1.165) is 12.6 Å². The molecule has 0 amide bonds. The van der Waals surface area contributed by atoms with Crippen LogP contribution in [0.3, 0.4) is 0 Å². The molecule has 0 radical (unpaired) electrons. The van der Waals surface area contributed by atoms with Gasteiger partial charge >= 0.3 is 6.18 Å². The van der Waals surface area contributed by atoms with Crippen LogP contribution in [0, 0.1) is 5.82 Å². The van der Waals surface area contributed by atoms with Crippen molar-refractivity contribution in [1.82, 2.24) is 4.90 Å². The summed E-state index contributed by atoms with van der Waals surface area (Å²) in [5, 5.41) is 0. The Kier molecular flexibility index (Phi) is 5.35. The molecule has 0 bridgehead atoms. The van der Waals surface area contributed by atoms with E-state index in [1.165, 1.54) is 12.1 Å². The van der Waals surface area contributed by atoms with Gasteiger partial charge in [0.25, 0.3) is 0 Å². The van der Waals surface area contributed by atoms with E-state index >= 15 is 0 Å². The molecule has 0 heterocycles. The summed E-state index contributed by atoms with van der Waals surface area (Å²) in [6.07, 6.45) is -4.08. The van der Waals surface area contributed by atoms with Crippen molar-refractivity contribution in [2.75, 3.05) is 20.1 Å². The van der Waals surface area contributed by atoms with Crippen LogP contribution in [-0.4, -0.2) is 25.0 Å². The van der Waals surface area contributed by atoms with Crippen LogP contribution < -0.4 is 0 Å². The van der Waals surface area contributed by atoms with Gasteiger partial charge in [0, 0.05) is 0 Å². The first-order chi connectivity index (χ1) is 8.77. The minimum atomic E-state index is -4.65. The zero-order chi connectivity index (χ0) is 14.6. The molecule has 0 aliphatic heterocycles. The SMILES string of the molecule is CCN(C)CCC(C)c1cccc(F)c1C(F)(F)F. The zero-order valence-electron chi connectivity index (χ0n) is 11.4. The van der Waals surface area contributed by atoms with Gasteiger partial charge in [0.2, 0.25) is 0 Å². The van der Waals surface area contributed by atoms with Crippen molar-refractivity contribution in [3.8, 4) is 0 Å². The molecule has 0 N–H and O–H groups in total. The average Bonchev–Trinajstić information content (AvgIpc) is 2.33. The lowest BCUT2D eigenvalue weighted by atomic mass is 9.92. The third-order valence-electron chi connectivity index (χ3n) is 3.34. The average molecular weight is 277 g/mol. The highest BCUT2D eigenvalue weighted by Gasteiger charge is 2.37. The molecule has 0 fully saturated rings. The Morgan fingerprint density at radius 1 is 1.26 bits per heavy atom. The van der Waals surface area contributed by atoms with Crippen LogP contribution in [0.1, 0.15) is 37.3 Å². The maximum atomic E-state index is 13.4. The van der Waals surface area contributed by atoms with E-state index in [1.807, 2.05) is 18.9 Å². The van der Waals surface area contributed by atoms with E-state index in [9.17, 15) is 17.6 Å². The number of rotatable bonds is 5. The topological polar surface area (TPSA) is 3.24 Å². The Balaban J connectivity index is 2.97. The maximum absolute atomic E-state index is 13.4. The lowest BCUT2D eigenvalue weighted by molar-refractivity contribution is -0.140. The fourth-order valence-corrected chi connectivity index (χ4v) is 1.98. The lowest BCUT2D eigenvalue weighted by Gasteiger charge is -2.21. The van der Waals surface area contributed by atoms with E-state index in [-0.39, 0.29) is 11.5 Å². The third-order valence-corrected chi connectivity index (χ3v) is 3.34. The van der Waals surface area contributed by atoms with Gasteiger partial charge in [0.05, 0.1) is 5.56 Å². The summed E-state index contributed by atoms with van der Waals surface area (Å²) in [6.45, 7) is 5.20. The molecule has 1 unspecified atom stereocenters. The molecule has 0 aliphatic rings. The van der Waals surface area contributed by atoms with Crippen LogP contribution in [0.15, 0.2) is 18.2 Å². The second kappa shape index (κ2) is 6.37. The molecule has 19 heavy (non-hydrogen) atoms. The van der Waals surface area contributed by atoms with Crippen LogP contribution in [0.5, 0.6) is 0 Å². The Morgan fingerprint density at radius 3 is 2.42 bits per heavy atom. The number of halogens is 4. The normalized spacial score (nSPS) is 13.9. The number of hydrogen-bond donors (Lipinski definition) is 0. The van der Waals surface area contributed by atoms with Crippen LogP contribution in [0.25, 0.3) is 0 Å². The second-order valence-corrected chi connectivity index (χ2v) is 4.79. The minimum Gasteiger partial charge on any atom is -0.307 e. The van der Waals surface area contributed by atoms with E-state index in [1.54, 1.807) is 6.92 Å². The molecule has 1 rings (SSSR count). The molecule has 0 aliphatic carbocycles. The quantitative estimate of drug-likeness (QED) is 0.726. The van der Waals surface area contributed by atoms with Crippen molar-refractivity contribution < 1.29 is 17.6 Å². The molecule has 0 aromatic heterocycles. The van der Waals surface area contributed by atoms with Gasteiger partial charge in [-0.3, -0.25) is 0 Å². The molecule has 0 saturated carbocycles. The molecular weight excluding hydrogens is 258 g/mol. The molecule has 1 atom stereocenters. The van der Waals surface area contributed by atoms with Gasteiger partial charge < -0.3 is 4.90 Å². The van der Waals surface area contributed by atoms with Gasteiger partial charge in [-0.25, -0.2) is 4.39 Å². The first-order valence-electron chi connectivity index (χ1n) is 6.31. The maximum Gasteiger partial charge on any atom is 0.419 e. The van der Waals surface area contributed by atoms with Crippen LogP contribution >= 0.6 is 0 Å². The van der Waals surface area contributed by atoms with E-state index in [2.05, 4.69) is 0 Å². The lowest BCUT2D eigenvalue weighted by Crippen LogP contribution is -2.21. The fourth-order valence-electron chi connectivity index (χ4n) is 1.98. The standard InChI is InChI=1S/C14H19F4N/c1-4-19(3)9-8-10(2)11-6-5-7-12(15)13(11)14(16,17)18/h5-7,10H,4,8-9H2,1-3H3. The Bertz CT molecular complexity index is 414. The van der Waals surface area contributed by atoms with Gasteiger partial charge in [0.1, 0.15) is 5.82 Å². The van der Waals surface area contributed by atoms with Crippen molar-refractivity contribution in [1.29, 1.82) is 0 Å². The highest BCUT2D eigenvalue weighted by atomic mass is 19.4. The molecule has 5 heteroatoms. The zero-order valence-corrected chi connectivity index (χ0v) is 11.4. The highest BCUT2D eigenvalue weighted by molar-refractivity contribution is 5.33. The smallest absolute Gasteiger partial charge is 0.307 e. The van der Waals surface area contributed by atoms with Gasteiger partial charge in [-0.15, -0.1) is 0 Å². The molecule has 1 aromatic rings. The first-order valence-corrected chi connectivity index (χ1v) is 6.31. The largest absolute Gasteiger partial charge is 0.419 e. The number of benzene rings is 1. The summed E-state index contributed by atoms with van der Waals surface area (Å²) < 4.78 is 52.1. The van der Waals surface area contributed by atoms with Crippen molar-refractivity contribution in [2.24, 2.45) is 0 Å². The van der Waals surface area contributed by atoms with E-state index < -0.39 is 17.6 Å². The third kappa shape index (κ3) is 4.20. The molecular formula is C14H19F4N. The van der Waals surface area contributed by atoms with Gasteiger partial charge in [-0.2, -0.15) is 13.2 Å². The van der Waals surface area contributed by atoms with Crippen LogP contribution in [-0.2, 0) is 6.18 Å². The highest BCUT2D eigenvalue weighted by Crippen LogP contribution is 2.37. The predicted octanol–water partition coefficient (Wildman–Crippen LogP) is 4.29. The van der Waals surface area contributed by atoms with Gasteiger partial charge in [0.15, 0.2) is 0 Å². The van der Waals surface area contributed by atoms with Crippen molar-refractivity contribution in [2.45, 2.75) is 32.4 Å². The van der Waals surface area contributed by atoms with Gasteiger partial charge in [-0.1, -0.05) is 26.0 Å². The summed E-state index contributed by atoms with van der Waals surface area (Å²) in [7, 11) is 1.91. The summed E-state index contributed by atoms with van der Waals surface area (Å²) >= 11 is 0. The van der Waals surface area contributed by atoms with Gasteiger partial charge in [-0.05, 0) is 44.1 Å². The van der Waals surface area contributed by atoms with E-state index in [4.69, 9.17) is 0 Å². The second-order valence-electron chi connectivity index (χ2n) is 4.79. The monoisotopic (exact) mass is 277 g/mol. The fraction of sp³-hybridized carbons (Fsp3) is 0.571. The summed E-state index contributed by atoms with van der Waals surface area (Å²) in [6, 6.07) is 3.56. The van der Waals surface area contributed by atoms with Crippen LogP contribution in [0.4, 0.5) is 17.6 Å². The van der Waals surface area contributed by atoms with Crippen molar-refractivity contribution >= 4 is 0 Å². The summed E-state index contributed by atoms with van der Waals surface area (Å²) in [4.78, 5) is 2.02. The number of alkyl halides is 3. The first kappa shape index (κ1) is 16.0. The summed E-state index contributed by atoms with van der Waals surface area (Å²) in [5.41, 5.74) is -1.08. The Labute approximate surface area is 111 Å².